The number of aromatic nitrogens is 3. The average molecular weight is 590 g/mol. The number of anilines is 1. The number of benzene rings is 2. The summed E-state index contributed by atoms with van der Waals surface area (Å²) in [4.78, 5) is 16.3. The third kappa shape index (κ3) is 7.74. The van der Waals surface area contributed by atoms with Crippen LogP contribution in [0.15, 0.2) is 48.5 Å². The van der Waals surface area contributed by atoms with E-state index in [1.54, 1.807) is 46.0 Å². The molecule has 10 nitrogen and oxygen atoms in total. The third-order valence-corrected chi connectivity index (χ3v) is 7.34. The van der Waals surface area contributed by atoms with E-state index in [0.29, 0.717) is 34.0 Å². The maximum absolute atomic E-state index is 12.7. The van der Waals surface area contributed by atoms with Gasteiger partial charge in [-0.05, 0) is 63.3 Å². The van der Waals surface area contributed by atoms with E-state index in [4.69, 9.17) is 20.5 Å². The van der Waals surface area contributed by atoms with E-state index in [1.807, 2.05) is 10.6 Å². The number of nitrogens with zero attached hydrogens (tertiary/aromatic N) is 5. The molecule has 1 aromatic heterocycles. The standard InChI is InChI=1S/C28H36ClN5O5S/c1-28(2,3)39-27(35)32(4)18-25-30-31-26(33-15-13-21(14-16-33)20-9-7-6-8-10-20)34(25)24-12-11-23(29)17-22(24)19-38-40(5,36)37/h6-12,17,21H,13-16,18-19H2,1-5H3. The van der Waals surface area contributed by atoms with Crippen molar-refractivity contribution in [2.24, 2.45) is 0 Å². The van der Waals surface area contributed by atoms with Crippen LogP contribution in [0.1, 0.15) is 56.5 Å². The number of hydrogen-bond acceptors (Lipinski definition) is 8. The van der Waals surface area contributed by atoms with Crippen molar-refractivity contribution in [1.82, 2.24) is 19.7 Å². The molecule has 0 radical (unpaired) electrons. The van der Waals surface area contributed by atoms with Crippen molar-refractivity contribution in [2.75, 3.05) is 31.3 Å². The van der Waals surface area contributed by atoms with E-state index < -0.39 is 21.8 Å². The first-order valence-electron chi connectivity index (χ1n) is 13.1. The van der Waals surface area contributed by atoms with Crippen LogP contribution in [0.25, 0.3) is 5.69 Å². The fraction of sp³-hybridized carbons (Fsp3) is 0.464. The Balaban J connectivity index is 1.69. The molecule has 0 spiro atoms. The highest BCUT2D eigenvalue weighted by Crippen LogP contribution is 2.33. The van der Waals surface area contributed by atoms with Gasteiger partial charge in [-0.3, -0.25) is 8.75 Å². The van der Waals surface area contributed by atoms with Crippen molar-refractivity contribution in [3.8, 4) is 5.69 Å². The molecule has 1 saturated heterocycles. The van der Waals surface area contributed by atoms with Crippen LogP contribution in [0, 0.1) is 0 Å². The molecule has 0 bridgehead atoms. The van der Waals surface area contributed by atoms with E-state index in [1.165, 1.54) is 10.5 Å². The topological polar surface area (TPSA) is 107 Å². The lowest BCUT2D eigenvalue weighted by Gasteiger charge is -2.33. The SMILES string of the molecule is CN(Cc1nnc(N2CCC(c3ccccc3)CC2)n1-c1ccc(Cl)cc1COS(C)(=O)=O)C(=O)OC(C)(C)C. The average Bonchev–Trinajstić information content (AvgIpc) is 3.30. The first kappa shape index (κ1) is 29.8. The summed E-state index contributed by atoms with van der Waals surface area (Å²) >= 11 is 6.29. The molecule has 1 aliphatic heterocycles. The summed E-state index contributed by atoms with van der Waals surface area (Å²) in [5, 5.41) is 9.44. The summed E-state index contributed by atoms with van der Waals surface area (Å²) in [5.74, 6) is 1.53. The van der Waals surface area contributed by atoms with Gasteiger partial charge >= 0.3 is 6.09 Å². The molecule has 0 saturated carbocycles. The van der Waals surface area contributed by atoms with Gasteiger partial charge in [0.1, 0.15) is 5.60 Å². The molecule has 216 valence electrons. The van der Waals surface area contributed by atoms with Gasteiger partial charge in [0.25, 0.3) is 10.1 Å². The van der Waals surface area contributed by atoms with E-state index in [2.05, 4.69) is 39.4 Å². The predicted molar refractivity (Wildman–Crippen MR) is 154 cm³/mol. The highest BCUT2D eigenvalue weighted by Gasteiger charge is 2.28. The maximum Gasteiger partial charge on any atom is 0.410 e. The largest absolute Gasteiger partial charge is 0.444 e. The van der Waals surface area contributed by atoms with E-state index >= 15 is 0 Å². The van der Waals surface area contributed by atoms with Crippen LogP contribution >= 0.6 is 11.6 Å². The van der Waals surface area contributed by atoms with Gasteiger partial charge in [-0.15, -0.1) is 10.2 Å². The van der Waals surface area contributed by atoms with Crippen LogP contribution in [0.4, 0.5) is 10.7 Å². The van der Waals surface area contributed by atoms with E-state index in [0.717, 1.165) is 32.2 Å². The molecular formula is C28H36ClN5O5S. The summed E-state index contributed by atoms with van der Waals surface area (Å²) in [6.07, 6.45) is 2.38. The Morgan fingerprint density at radius 1 is 1.10 bits per heavy atom. The first-order valence-corrected chi connectivity index (χ1v) is 15.3. The molecule has 2 aromatic carbocycles. The molecule has 1 aliphatic rings. The van der Waals surface area contributed by atoms with Crippen LogP contribution < -0.4 is 4.90 Å². The first-order chi connectivity index (χ1) is 18.8. The van der Waals surface area contributed by atoms with Gasteiger partial charge in [-0.1, -0.05) is 41.9 Å². The Hall–Kier alpha value is -3.15. The Labute approximate surface area is 241 Å². The molecule has 2 heterocycles. The Morgan fingerprint density at radius 2 is 1.77 bits per heavy atom. The van der Waals surface area contributed by atoms with Gasteiger partial charge in [0.15, 0.2) is 5.82 Å². The molecule has 0 atom stereocenters. The quantitative estimate of drug-likeness (QED) is 0.332. The number of halogens is 1. The number of carbonyl (C=O) groups excluding carboxylic acids is 1. The van der Waals surface area contributed by atoms with Crippen LogP contribution in [-0.2, 0) is 32.2 Å². The minimum absolute atomic E-state index is 0.109. The second-order valence-corrected chi connectivity index (χ2v) is 13.1. The van der Waals surface area contributed by atoms with Crippen molar-refractivity contribution in [2.45, 2.75) is 58.3 Å². The molecule has 0 N–H and O–H groups in total. The molecular weight excluding hydrogens is 554 g/mol. The van der Waals surface area contributed by atoms with E-state index in [9.17, 15) is 13.2 Å². The normalized spacial score (nSPS) is 14.8. The molecule has 0 aliphatic carbocycles. The highest BCUT2D eigenvalue weighted by atomic mass is 35.5. The van der Waals surface area contributed by atoms with Gasteiger partial charge < -0.3 is 14.5 Å². The number of carbonyl (C=O) groups is 1. The number of amides is 1. The Morgan fingerprint density at radius 3 is 2.40 bits per heavy atom. The highest BCUT2D eigenvalue weighted by molar-refractivity contribution is 7.85. The summed E-state index contributed by atoms with van der Waals surface area (Å²) in [5.41, 5.74) is 1.82. The molecule has 4 rings (SSSR count). The van der Waals surface area contributed by atoms with Gasteiger partial charge in [0.05, 0.1) is 25.1 Å². The van der Waals surface area contributed by atoms with Crippen LogP contribution in [0.3, 0.4) is 0 Å². The fourth-order valence-corrected chi connectivity index (χ4v) is 5.21. The zero-order valence-corrected chi connectivity index (χ0v) is 25.1. The summed E-state index contributed by atoms with van der Waals surface area (Å²) in [6.45, 7) is 6.81. The molecule has 12 heteroatoms. The molecule has 1 amide bonds. The van der Waals surface area contributed by atoms with Crippen molar-refractivity contribution < 1.29 is 22.1 Å². The number of rotatable bonds is 8. The lowest BCUT2D eigenvalue weighted by Crippen LogP contribution is -2.36. The van der Waals surface area contributed by atoms with Gasteiger partial charge in [0.2, 0.25) is 5.95 Å². The molecule has 0 unspecified atom stereocenters. The summed E-state index contributed by atoms with van der Waals surface area (Å²) < 4.78 is 36.1. The lowest BCUT2D eigenvalue weighted by atomic mass is 9.90. The van der Waals surface area contributed by atoms with Gasteiger partial charge in [-0.2, -0.15) is 8.42 Å². The second-order valence-electron chi connectivity index (χ2n) is 11.0. The van der Waals surface area contributed by atoms with Gasteiger partial charge in [-0.25, -0.2) is 4.79 Å². The minimum Gasteiger partial charge on any atom is -0.444 e. The van der Waals surface area contributed by atoms with Crippen molar-refractivity contribution in [1.29, 1.82) is 0 Å². The maximum atomic E-state index is 12.7. The molecule has 3 aromatic rings. The lowest BCUT2D eigenvalue weighted by molar-refractivity contribution is 0.0280. The van der Waals surface area contributed by atoms with E-state index in [-0.39, 0.29) is 13.2 Å². The zero-order valence-electron chi connectivity index (χ0n) is 23.5. The molecule has 40 heavy (non-hydrogen) atoms. The second kappa shape index (κ2) is 12.2. The van der Waals surface area contributed by atoms with Crippen LogP contribution in [0.2, 0.25) is 5.02 Å². The monoisotopic (exact) mass is 589 g/mol. The fourth-order valence-electron chi connectivity index (χ4n) is 4.67. The number of hydrogen-bond donors (Lipinski definition) is 0. The smallest absolute Gasteiger partial charge is 0.410 e. The Bertz CT molecular complexity index is 1430. The third-order valence-electron chi connectivity index (χ3n) is 6.56. The van der Waals surface area contributed by atoms with Crippen molar-refractivity contribution in [3.05, 3.63) is 70.5 Å². The molecule has 1 fully saturated rings. The minimum atomic E-state index is -3.71. The van der Waals surface area contributed by atoms with Crippen LogP contribution in [-0.4, -0.2) is 66.2 Å². The van der Waals surface area contributed by atoms with Crippen LogP contribution in [0.5, 0.6) is 0 Å². The Kier molecular flexibility index (Phi) is 9.06. The number of piperidine rings is 1. The van der Waals surface area contributed by atoms with Crippen molar-refractivity contribution in [3.63, 3.8) is 0 Å². The van der Waals surface area contributed by atoms with Gasteiger partial charge in [0, 0.05) is 30.7 Å². The zero-order chi connectivity index (χ0) is 29.1. The number of ether oxygens (including phenoxy) is 1. The van der Waals surface area contributed by atoms with Crippen molar-refractivity contribution >= 4 is 33.8 Å². The summed E-state index contributed by atoms with van der Waals surface area (Å²) in [7, 11) is -2.07. The summed E-state index contributed by atoms with van der Waals surface area (Å²) in [6, 6.07) is 15.6. The predicted octanol–water partition coefficient (Wildman–Crippen LogP) is 5.15.